The van der Waals surface area contributed by atoms with Crippen LogP contribution < -0.4 is 15.4 Å². The van der Waals surface area contributed by atoms with E-state index in [0.717, 1.165) is 18.7 Å². The first-order chi connectivity index (χ1) is 11.8. The van der Waals surface area contributed by atoms with Crippen LogP contribution in [0.4, 0.5) is 13.2 Å². The Labute approximate surface area is 144 Å². The second-order valence-corrected chi connectivity index (χ2v) is 6.19. The fourth-order valence-electron chi connectivity index (χ4n) is 2.86. The topological polar surface area (TPSA) is 59.6 Å². The SMILES string of the molecule is COCC1(C(=O)NCc2ccc(OCC(F)(F)F)cc2)CCNCC1. The number of halogens is 3. The molecule has 1 amide bonds. The molecule has 2 rings (SSSR count). The molecule has 2 N–H and O–H groups in total. The molecule has 0 saturated carbocycles. The summed E-state index contributed by atoms with van der Waals surface area (Å²) in [6.45, 7) is 0.878. The van der Waals surface area contributed by atoms with Crippen molar-refractivity contribution in [3.63, 3.8) is 0 Å². The van der Waals surface area contributed by atoms with E-state index in [4.69, 9.17) is 4.74 Å². The Kier molecular flexibility index (Phi) is 6.66. The maximum atomic E-state index is 12.6. The van der Waals surface area contributed by atoms with E-state index in [1.54, 1.807) is 19.2 Å². The molecule has 0 unspecified atom stereocenters. The predicted octanol–water partition coefficient (Wildman–Crippen LogP) is 2.26. The van der Waals surface area contributed by atoms with E-state index in [-0.39, 0.29) is 11.7 Å². The van der Waals surface area contributed by atoms with Gasteiger partial charge in [-0.15, -0.1) is 0 Å². The first-order valence-corrected chi connectivity index (χ1v) is 8.11. The minimum atomic E-state index is -4.36. The number of benzene rings is 1. The van der Waals surface area contributed by atoms with Crippen LogP contribution in [0.1, 0.15) is 18.4 Å². The summed E-state index contributed by atoms with van der Waals surface area (Å²) in [5.74, 6) is 0.0786. The highest BCUT2D eigenvalue weighted by Gasteiger charge is 2.39. The van der Waals surface area contributed by atoms with Crippen LogP contribution in [0.5, 0.6) is 5.75 Å². The van der Waals surface area contributed by atoms with E-state index in [1.807, 2.05) is 0 Å². The van der Waals surface area contributed by atoms with E-state index >= 15 is 0 Å². The quantitative estimate of drug-likeness (QED) is 0.783. The largest absolute Gasteiger partial charge is 0.484 e. The summed E-state index contributed by atoms with van der Waals surface area (Å²) in [7, 11) is 1.58. The first-order valence-electron chi connectivity index (χ1n) is 8.11. The van der Waals surface area contributed by atoms with E-state index < -0.39 is 18.2 Å². The van der Waals surface area contributed by atoms with Gasteiger partial charge < -0.3 is 20.1 Å². The average molecular weight is 360 g/mol. The highest BCUT2D eigenvalue weighted by atomic mass is 19.4. The number of methoxy groups -OCH3 is 1. The number of alkyl halides is 3. The summed E-state index contributed by atoms with van der Waals surface area (Å²) in [6, 6.07) is 6.19. The fourth-order valence-corrected chi connectivity index (χ4v) is 2.86. The molecule has 0 radical (unpaired) electrons. The highest BCUT2D eigenvalue weighted by Crippen LogP contribution is 2.29. The van der Waals surface area contributed by atoms with Crippen molar-refractivity contribution in [2.75, 3.05) is 33.4 Å². The van der Waals surface area contributed by atoms with Crippen molar-refractivity contribution in [3.8, 4) is 5.75 Å². The summed E-state index contributed by atoms with van der Waals surface area (Å²) in [4.78, 5) is 12.6. The van der Waals surface area contributed by atoms with E-state index in [0.29, 0.717) is 26.0 Å². The zero-order valence-electron chi connectivity index (χ0n) is 14.1. The van der Waals surface area contributed by atoms with Crippen LogP contribution in [0.3, 0.4) is 0 Å². The Morgan fingerprint density at radius 3 is 2.44 bits per heavy atom. The maximum Gasteiger partial charge on any atom is 0.422 e. The van der Waals surface area contributed by atoms with Gasteiger partial charge in [0, 0.05) is 13.7 Å². The highest BCUT2D eigenvalue weighted by molar-refractivity contribution is 5.83. The van der Waals surface area contributed by atoms with Gasteiger partial charge in [-0.2, -0.15) is 13.2 Å². The molecule has 1 aromatic carbocycles. The van der Waals surface area contributed by atoms with Gasteiger partial charge in [-0.3, -0.25) is 4.79 Å². The Balaban J connectivity index is 1.88. The minimum absolute atomic E-state index is 0.0618. The Morgan fingerprint density at radius 2 is 1.88 bits per heavy atom. The summed E-state index contributed by atoms with van der Waals surface area (Å²) < 4.78 is 46.2. The summed E-state index contributed by atoms with van der Waals surface area (Å²) >= 11 is 0. The van der Waals surface area contributed by atoms with Gasteiger partial charge in [-0.1, -0.05) is 12.1 Å². The summed E-state index contributed by atoms with van der Waals surface area (Å²) in [5, 5.41) is 6.13. The second-order valence-electron chi connectivity index (χ2n) is 6.19. The zero-order valence-corrected chi connectivity index (χ0v) is 14.1. The van der Waals surface area contributed by atoms with Crippen LogP contribution in [-0.4, -0.2) is 45.5 Å². The lowest BCUT2D eigenvalue weighted by Crippen LogP contribution is -2.49. The van der Waals surface area contributed by atoms with Crippen molar-refractivity contribution >= 4 is 5.91 Å². The van der Waals surface area contributed by atoms with Gasteiger partial charge >= 0.3 is 6.18 Å². The van der Waals surface area contributed by atoms with Crippen LogP contribution in [-0.2, 0) is 16.1 Å². The molecular formula is C17H23F3N2O3. The van der Waals surface area contributed by atoms with Crippen molar-refractivity contribution in [2.45, 2.75) is 25.6 Å². The van der Waals surface area contributed by atoms with Gasteiger partial charge in [0.2, 0.25) is 5.91 Å². The van der Waals surface area contributed by atoms with Crippen LogP contribution in [0.2, 0.25) is 0 Å². The third-order valence-corrected chi connectivity index (χ3v) is 4.24. The normalized spacial score (nSPS) is 17.1. The van der Waals surface area contributed by atoms with Gasteiger partial charge in [0.05, 0.1) is 12.0 Å². The van der Waals surface area contributed by atoms with Crippen molar-refractivity contribution in [2.24, 2.45) is 5.41 Å². The van der Waals surface area contributed by atoms with Crippen molar-refractivity contribution in [1.29, 1.82) is 0 Å². The van der Waals surface area contributed by atoms with Crippen molar-refractivity contribution < 1.29 is 27.4 Å². The van der Waals surface area contributed by atoms with E-state index in [1.165, 1.54) is 12.1 Å². The van der Waals surface area contributed by atoms with Crippen LogP contribution in [0.15, 0.2) is 24.3 Å². The molecule has 0 aromatic heterocycles. The molecule has 1 fully saturated rings. The Morgan fingerprint density at radius 1 is 1.24 bits per heavy atom. The van der Waals surface area contributed by atoms with Crippen molar-refractivity contribution in [1.82, 2.24) is 10.6 Å². The lowest BCUT2D eigenvalue weighted by Gasteiger charge is -2.35. The third-order valence-electron chi connectivity index (χ3n) is 4.24. The van der Waals surface area contributed by atoms with Crippen molar-refractivity contribution in [3.05, 3.63) is 29.8 Å². The molecule has 1 saturated heterocycles. The smallest absolute Gasteiger partial charge is 0.422 e. The lowest BCUT2D eigenvalue weighted by atomic mass is 9.78. The Bertz CT molecular complexity index is 550. The molecule has 1 aliphatic rings. The molecule has 0 bridgehead atoms. The van der Waals surface area contributed by atoms with Gasteiger partial charge in [-0.25, -0.2) is 0 Å². The first kappa shape index (κ1) is 19.5. The molecule has 140 valence electrons. The van der Waals surface area contributed by atoms with Gasteiger partial charge in [0.1, 0.15) is 5.75 Å². The zero-order chi connectivity index (χ0) is 18.3. The van der Waals surface area contributed by atoms with Crippen LogP contribution >= 0.6 is 0 Å². The number of carbonyl (C=O) groups is 1. The second kappa shape index (κ2) is 8.53. The third kappa shape index (κ3) is 5.89. The average Bonchev–Trinajstić information content (AvgIpc) is 2.59. The molecule has 8 heteroatoms. The monoisotopic (exact) mass is 360 g/mol. The number of piperidine rings is 1. The number of carbonyl (C=O) groups excluding carboxylic acids is 1. The number of hydrogen-bond acceptors (Lipinski definition) is 4. The van der Waals surface area contributed by atoms with E-state index in [9.17, 15) is 18.0 Å². The lowest BCUT2D eigenvalue weighted by molar-refractivity contribution is -0.153. The predicted molar refractivity (Wildman–Crippen MR) is 86.3 cm³/mol. The number of amides is 1. The number of hydrogen-bond donors (Lipinski definition) is 2. The Hall–Kier alpha value is -1.80. The fraction of sp³-hybridized carbons (Fsp3) is 0.588. The molecular weight excluding hydrogens is 337 g/mol. The molecule has 0 aliphatic carbocycles. The molecule has 1 aliphatic heterocycles. The minimum Gasteiger partial charge on any atom is -0.484 e. The number of rotatable bonds is 7. The molecule has 1 heterocycles. The molecule has 0 atom stereocenters. The number of ether oxygens (including phenoxy) is 2. The maximum absolute atomic E-state index is 12.6. The van der Waals surface area contributed by atoms with Crippen LogP contribution in [0, 0.1) is 5.41 Å². The van der Waals surface area contributed by atoms with Gasteiger partial charge in [0.15, 0.2) is 6.61 Å². The molecule has 5 nitrogen and oxygen atoms in total. The standard InChI is InChI=1S/C17H23F3N2O3/c1-24-11-16(6-8-21-9-7-16)15(23)22-10-13-2-4-14(5-3-13)25-12-17(18,19)20/h2-5,21H,6-12H2,1H3,(H,22,23). The number of nitrogens with one attached hydrogen (secondary N) is 2. The molecule has 0 spiro atoms. The summed E-state index contributed by atoms with van der Waals surface area (Å²) in [6.07, 6.45) is -2.95. The summed E-state index contributed by atoms with van der Waals surface area (Å²) in [5.41, 5.74) is 0.254. The molecule has 1 aromatic rings. The van der Waals surface area contributed by atoms with Gasteiger partial charge in [-0.05, 0) is 43.6 Å². The molecule has 25 heavy (non-hydrogen) atoms. The van der Waals surface area contributed by atoms with Crippen LogP contribution in [0.25, 0.3) is 0 Å². The van der Waals surface area contributed by atoms with Gasteiger partial charge in [0.25, 0.3) is 0 Å². The van der Waals surface area contributed by atoms with E-state index in [2.05, 4.69) is 15.4 Å².